The van der Waals surface area contributed by atoms with E-state index in [1.54, 1.807) is 0 Å². The number of rotatable bonds is 4. The highest BCUT2D eigenvalue weighted by Crippen LogP contribution is 2.05. The molecule has 1 rings (SSSR count). The second-order valence-corrected chi connectivity index (χ2v) is 3.48. The van der Waals surface area contributed by atoms with E-state index in [1.165, 1.54) is 24.3 Å². The van der Waals surface area contributed by atoms with Gasteiger partial charge in [-0.2, -0.15) is 0 Å². The number of hydrogen-bond acceptors (Lipinski definition) is 2. The van der Waals surface area contributed by atoms with Crippen molar-refractivity contribution < 1.29 is 9.18 Å². The van der Waals surface area contributed by atoms with Crippen LogP contribution in [0, 0.1) is 5.82 Å². The van der Waals surface area contributed by atoms with Gasteiger partial charge in [0.25, 0.3) is 0 Å². The predicted molar refractivity (Wildman–Crippen MR) is 65.2 cm³/mol. The second-order valence-electron chi connectivity index (χ2n) is 3.48. The first kappa shape index (κ1) is 14.8. The van der Waals surface area contributed by atoms with Crippen LogP contribution in [0.4, 0.5) is 4.39 Å². The second kappa shape index (κ2) is 7.99. The van der Waals surface area contributed by atoms with Crippen molar-refractivity contribution in [2.45, 2.75) is 20.3 Å². The van der Waals surface area contributed by atoms with Gasteiger partial charge in [-0.15, -0.1) is 0 Å². The van der Waals surface area contributed by atoms with E-state index < -0.39 is 0 Å². The van der Waals surface area contributed by atoms with E-state index in [1.807, 2.05) is 32.8 Å². The molecule has 16 heavy (non-hydrogen) atoms. The van der Waals surface area contributed by atoms with Crippen molar-refractivity contribution >= 4 is 5.78 Å². The van der Waals surface area contributed by atoms with Crippen LogP contribution >= 0.6 is 0 Å². The average Bonchev–Trinajstić information content (AvgIpc) is 2.29. The molecule has 0 N–H and O–H groups in total. The number of carbonyl (C=O) groups excluding carboxylic acids is 1. The molecule has 0 aromatic heterocycles. The summed E-state index contributed by atoms with van der Waals surface area (Å²) in [5.74, 6) is -0.257. The average molecular weight is 225 g/mol. The molecule has 0 saturated carbocycles. The number of nitrogens with zero attached hydrogens (tertiary/aromatic N) is 1. The monoisotopic (exact) mass is 225 g/mol. The van der Waals surface area contributed by atoms with Crippen molar-refractivity contribution in [2.24, 2.45) is 0 Å². The van der Waals surface area contributed by atoms with E-state index in [4.69, 9.17) is 0 Å². The Labute approximate surface area is 97.1 Å². The SMILES string of the molecule is CC.CN(C)CCC(=O)c1ccc(F)cc1. The molecule has 0 aliphatic heterocycles. The van der Waals surface area contributed by atoms with Crippen molar-refractivity contribution in [3.05, 3.63) is 35.6 Å². The highest BCUT2D eigenvalue weighted by atomic mass is 19.1. The number of benzene rings is 1. The van der Waals surface area contributed by atoms with Crippen LogP contribution in [0.3, 0.4) is 0 Å². The fraction of sp³-hybridized carbons (Fsp3) is 0.462. The summed E-state index contributed by atoms with van der Waals surface area (Å²) in [6.45, 7) is 4.72. The Hall–Kier alpha value is -1.22. The molecular formula is C13H20FNO. The van der Waals surface area contributed by atoms with Gasteiger partial charge in [0, 0.05) is 18.5 Å². The topological polar surface area (TPSA) is 20.3 Å². The molecule has 0 unspecified atom stereocenters. The van der Waals surface area contributed by atoms with Gasteiger partial charge >= 0.3 is 0 Å². The lowest BCUT2D eigenvalue weighted by atomic mass is 10.1. The van der Waals surface area contributed by atoms with Crippen LogP contribution in [0.15, 0.2) is 24.3 Å². The lowest BCUT2D eigenvalue weighted by molar-refractivity contribution is 0.0972. The van der Waals surface area contributed by atoms with Crippen LogP contribution in [-0.2, 0) is 0 Å². The number of carbonyl (C=O) groups is 1. The molecule has 0 atom stereocenters. The summed E-state index contributed by atoms with van der Waals surface area (Å²) in [5, 5.41) is 0. The van der Waals surface area contributed by atoms with Crippen LogP contribution in [0.25, 0.3) is 0 Å². The zero-order valence-electron chi connectivity index (χ0n) is 10.5. The van der Waals surface area contributed by atoms with Crippen LogP contribution in [0.5, 0.6) is 0 Å². The molecule has 0 aliphatic rings. The third kappa shape index (κ3) is 5.61. The van der Waals surface area contributed by atoms with Crippen molar-refractivity contribution in [2.75, 3.05) is 20.6 Å². The van der Waals surface area contributed by atoms with Gasteiger partial charge in [0.2, 0.25) is 0 Å². The number of hydrogen-bond donors (Lipinski definition) is 0. The van der Waals surface area contributed by atoms with Crippen molar-refractivity contribution in [1.82, 2.24) is 4.90 Å². The van der Waals surface area contributed by atoms with Gasteiger partial charge in [-0.25, -0.2) is 4.39 Å². The van der Waals surface area contributed by atoms with Gasteiger partial charge in [0.1, 0.15) is 5.82 Å². The maximum atomic E-state index is 12.5. The molecule has 0 spiro atoms. The Balaban J connectivity index is 0.00000106. The minimum atomic E-state index is -0.311. The summed E-state index contributed by atoms with van der Waals surface area (Å²) < 4.78 is 12.5. The Morgan fingerprint density at radius 2 is 1.69 bits per heavy atom. The highest BCUT2D eigenvalue weighted by Gasteiger charge is 2.05. The third-order valence-electron chi connectivity index (χ3n) is 1.95. The molecule has 0 fully saturated rings. The number of halogens is 1. The summed E-state index contributed by atoms with van der Waals surface area (Å²) >= 11 is 0. The highest BCUT2D eigenvalue weighted by molar-refractivity contribution is 5.96. The first-order valence-electron chi connectivity index (χ1n) is 5.53. The van der Waals surface area contributed by atoms with Crippen molar-refractivity contribution in [3.63, 3.8) is 0 Å². The minimum absolute atomic E-state index is 0.0544. The van der Waals surface area contributed by atoms with Crippen molar-refractivity contribution in [3.8, 4) is 0 Å². The molecular weight excluding hydrogens is 205 g/mol. The first-order chi connectivity index (χ1) is 7.59. The van der Waals surface area contributed by atoms with E-state index in [0.717, 1.165) is 6.54 Å². The molecule has 1 aromatic rings. The number of ketones is 1. The molecule has 0 saturated heterocycles. The molecule has 90 valence electrons. The fourth-order valence-electron chi connectivity index (χ4n) is 1.11. The predicted octanol–water partition coefficient (Wildman–Crippen LogP) is 2.99. The molecule has 0 amide bonds. The molecule has 1 aromatic carbocycles. The molecule has 0 heterocycles. The van der Waals surface area contributed by atoms with Crippen LogP contribution in [0.1, 0.15) is 30.6 Å². The summed E-state index contributed by atoms with van der Waals surface area (Å²) in [6, 6.07) is 5.66. The number of Topliss-reactive ketones (excluding diaryl/α,β-unsaturated/α-hetero) is 1. The van der Waals surface area contributed by atoms with E-state index in [9.17, 15) is 9.18 Å². The molecule has 3 heteroatoms. The van der Waals surface area contributed by atoms with Crippen molar-refractivity contribution in [1.29, 1.82) is 0 Å². The Bertz CT molecular complexity index is 306. The summed E-state index contributed by atoms with van der Waals surface area (Å²) in [5.41, 5.74) is 0.577. The maximum absolute atomic E-state index is 12.5. The third-order valence-corrected chi connectivity index (χ3v) is 1.95. The standard InChI is InChI=1S/C11H14FNO.C2H6/c1-13(2)8-7-11(14)9-3-5-10(12)6-4-9;1-2/h3-6H,7-8H2,1-2H3;1-2H3. The van der Waals surface area contributed by atoms with E-state index in [0.29, 0.717) is 12.0 Å². The van der Waals surface area contributed by atoms with Gasteiger partial charge in [-0.3, -0.25) is 4.79 Å². The maximum Gasteiger partial charge on any atom is 0.164 e. The zero-order valence-corrected chi connectivity index (χ0v) is 10.5. The lowest BCUT2D eigenvalue weighted by Gasteiger charge is -2.07. The smallest absolute Gasteiger partial charge is 0.164 e. The fourth-order valence-corrected chi connectivity index (χ4v) is 1.11. The van der Waals surface area contributed by atoms with E-state index in [-0.39, 0.29) is 11.6 Å². The van der Waals surface area contributed by atoms with Crippen LogP contribution in [-0.4, -0.2) is 31.3 Å². The Kier molecular flexibility index (Phi) is 7.38. The van der Waals surface area contributed by atoms with Gasteiger partial charge in [0.15, 0.2) is 5.78 Å². The molecule has 0 aliphatic carbocycles. The summed E-state index contributed by atoms with van der Waals surface area (Å²) in [4.78, 5) is 13.5. The van der Waals surface area contributed by atoms with E-state index in [2.05, 4.69) is 0 Å². The van der Waals surface area contributed by atoms with Gasteiger partial charge < -0.3 is 4.90 Å². The zero-order chi connectivity index (χ0) is 12.6. The van der Waals surface area contributed by atoms with Gasteiger partial charge in [-0.05, 0) is 38.4 Å². The van der Waals surface area contributed by atoms with Gasteiger partial charge in [-0.1, -0.05) is 13.8 Å². The largest absolute Gasteiger partial charge is 0.309 e. The molecule has 0 bridgehead atoms. The molecule has 2 nitrogen and oxygen atoms in total. The Morgan fingerprint density at radius 1 is 1.19 bits per heavy atom. The van der Waals surface area contributed by atoms with Crippen LogP contribution in [0.2, 0.25) is 0 Å². The lowest BCUT2D eigenvalue weighted by Crippen LogP contribution is -2.16. The Morgan fingerprint density at radius 3 is 2.12 bits per heavy atom. The summed E-state index contributed by atoms with van der Waals surface area (Å²) in [6.07, 6.45) is 0.471. The van der Waals surface area contributed by atoms with Crippen LogP contribution < -0.4 is 0 Å². The quantitative estimate of drug-likeness (QED) is 0.734. The first-order valence-corrected chi connectivity index (χ1v) is 5.53. The van der Waals surface area contributed by atoms with Gasteiger partial charge in [0.05, 0.1) is 0 Å². The normalized spacial score (nSPS) is 9.62. The molecule has 0 radical (unpaired) electrons. The minimum Gasteiger partial charge on any atom is -0.309 e. The van der Waals surface area contributed by atoms with E-state index >= 15 is 0 Å². The summed E-state index contributed by atoms with van der Waals surface area (Å²) in [7, 11) is 3.83.